The molecule has 3 aromatic rings. The van der Waals surface area contributed by atoms with E-state index in [9.17, 15) is 29.4 Å². The lowest BCUT2D eigenvalue weighted by atomic mass is 9.98. The predicted molar refractivity (Wildman–Crippen MR) is 154 cm³/mol. The van der Waals surface area contributed by atoms with Crippen LogP contribution < -0.4 is 27.7 Å². The molecule has 244 valence electrons. The number of fused-ring (bicyclic) bond motifs is 1. The molecule has 0 aliphatic carbocycles. The summed E-state index contributed by atoms with van der Waals surface area (Å²) < 4.78 is 6.16. The largest absolute Gasteiger partial charge is 0.481 e. The number of benzene rings is 1. The lowest BCUT2D eigenvalue weighted by Crippen LogP contribution is -2.61. The molecule has 1 fully saturated rings. The molecule has 19 heteroatoms. The number of ether oxygens (including phenoxy) is 1. The Hall–Kier alpha value is -4.79. The van der Waals surface area contributed by atoms with Gasteiger partial charge >= 0.3 is 17.5 Å². The van der Waals surface area contributed by atoms with Crippen LogP contribution in [-0.2, 0) is 27.9 Å². The van der Waals surface area contributed by atoms with Crippen molar-refractivity contribution in [2.24, 2.45) is 12.8 Å². The third kappa shape index (κ3) is 8.88. The minimum Gasteiger partial charge on any atom is -0.481 e. The fourth-order valence-corrected chi connectivity index (χ4v) is 4.05. The third-order valence-electron chi connectivity index (χ3n) is 6.70. The van der Waals surface area contributed by atoms with Crippen molar-refractivity contribution in [3.63, 3.8) is 0 Å². The number of carbonyl (C=O) groups is 3. The van der Waals surface area contributed by atoms with E-state index in [2.05, 4.69) is 25.6 Å². The van der Waals surface area contributed by atoms with Crippen LogP contribution in [0.25, 0.3) is 11.2 Å². The molecule has 0 bridgehead atoms. The van der Waals surface area contributed by atoms with Gasteiger partial charge in [-0.25, -0.2) is 14.8 Å². The maximum Gasteiger partial charge on any atom is 0.326 e. The van der Waals surface area contributed by atoms with Gasteiger partial charge in [-0.15, -0.1) is 0 Å². The van der Waals surface area contributed by atoms with Gasteiger partial charge in [0, 0.05) is 24.7 Å². The molecule has 0 spiro atoms. The Labute approximate surface area is 254 Å². The standard InChI is InChI=1S/C20H21N7O6.C6H13NO5/c1-27-16-15(18(31)26-20(27)21)24-12(9-23-16)8-22-11-4-2-10(3-5-11)17(30)25-13(19(32)33)6-7-14(28)29;7-3-5(10)4(9)2(1-8)12-6(3)11/h2-5,9,13,22H,6-8H2,1H3,(H,25,30)(H,28,29)(H,32,33)(H2,21,26,31);2-6,8-11H,1,7H2/t13-;2-,3-,4-,5-,6?/m01/s1. The molecule has 1 unspecified atom stereocenters. The van der Waals surface area contributed by atoms with Gasteiger partial charge in [0.05, 0.1) is 31.1 Å². The Bertz CT molecular complexity index is 1560. The Kier molecular flexibility index (Phi) is 11.8. The van der Waals surface area contributed by atoms with Gasteiger partial charge in [-0.3, -0.25) is 19.0 Å². The molecule has 1 aliphatic heterocycles. The number of hydrogen-bond donors (Lipinski definition) is 10. The predicted octanol–water partition coefficient (Wildman–Crippen LogP) is -3.29. The van der Waals surface area contributed by atoms with Gasteiger partial charge in [-0.05, 0) is 30.7 Å². The minimum absolute atomic E-state index is 0.0355. The number of aliphatic hydroxyl groups is 4. The number of carbonyl (C=O) groups excluding carboxylic acids is 1. The molecule has 0 saturated carbocycles. The molecule has 6 atom stereocenters. The molecule has 2 aromatic heterocycles. The molecule has 1 amide bonds. The van der Waals surface area contributed by atoms with Crippen molar-refractivity contribution < 1.29 is 49.8 Å². The maximum atomic E-state index is 12.3. The number of aliphatic carboxylic acids is 2. The number of aromatic nitrogens is 4. The highest BCUT2D eigenvalue weighted by atomic mass is 16.6. The number of nitrogens with one attached hydrogen (secondary N) is 2. The van der Waals surface area contributed by atoms with Gasteiger partial charge in [-0.1, -0.05) is 0 Å². The Morgan fingerprint density at radius 3 is 2.36 bits per heavy atom. The van der Waals surface area contributed by atoms with Crippen LogP contribution in [0.3, 0.4) is 0 Å². The molecule has 1 aromatic carbocycles. The smallest absolute Gasteiger partial charge is 0.326 e. The van der Waals surface area contributed by atoms with E-state index in [0.717, 1.165) is 0 Å². The first-order valence-electron chi connectivity index (χ1n) is 13.4. The number of carboxylic acid groups (broad SMARTS) is 2. The summed E-state index contributed by atoms with van der Waals surface area (Å²) in [5, 5.41) is 59.3. The molecule has 3 heterocycles. The molecule has 4 rings (SSSR count). The van der Waals surface area contributed by atoms with Crippen LogP contribution >= 0.6 is 0 Å². The van der Waals surface area contributed by atoms with Gasteiger partial charge in [0.1, 0.15) is 24.4 Å². The van der Waals surface area contributed by atoms with E-state index in [4.69, 9.17) is 36.6 Å². The van der Waals surface area contributed by atoms with Crippen LogP contribution in [0.2, 0.25) is 0 Å². The summed E-state index contributed by atoms with van der Waals surface area (Å²) in [6.07, 6.45) is -3.96. The van der Waals surface area contributed by atoms with Gasteiger partial charge in [0.25, 0.3) is 5.91 Å². The molecular formula is C26H34N8O11. The van der Waals surface area contributed by atoms with E-state index in [0.29, 0.717) is 17.0 Å². The Morgan fingerprint density at radius 2 is 1.76 bits per heavy atom. The summed E-state index contributed by atoms with van der Waals surface area (Å²) in [5.41, 5.74) is 12.1. The van der Waals surface area contributed by atoms with Gasteiger partial charge in [0.15, 0.2) is 17.5 Å². The quantitative estimate of drug-likeness (QED) is 0.104. The van der Waals surface area contributed by atoms with Crippen molar-refractivity contribution in [2.75, 3.05) is 17.7 Å². The SMILES string of the molecule is Cn1c(N)nc(=O)c2nc(CNc3ccc(C(=O)N[C@@H](CCC(=O)O)C(=O)O)cc3)cnc21.N[C@H]1C(O)O[C@H](CO)[C@@H](O)[C@@H]1O. The summed E-state index contributed by atoms with van der Waals surface area (Å²) in [7, 11) is 1.62. The number of nitrogen functional groups attached to an aromatic ring is 1. The van der Waals surface area contributed by atoms with Crippen molar-refractivity contribution in [1.82, 2.24) is 24.8 Å². The fraction of sp³-hybridized carbons (Fsp3) is 0.423. The Balaban J connectivity index is 0.000000385. The number of nitrogens with zero attached hydrogens (tertiary/aromatic N) is 4. The highest BCUT2D eigenvalue weighted by Crippen LogP contribution is 2.18. The zero-order chi connectivity index (χ0) is 33.4. The van der Waals surface area contributed by atoms with Crippen molar-refractivity contribution in [1.29, 1.82) is 0 Å². The summed E-state index contributed by atoms with van der Waals surface area (Å²) in [6, 6.07) is 3.85. The first-order valence-corrected chi connectivity index (χ1v) is 13.4. The zero-order valence-corrected chi connectivity index (χ0v) is 23.8. The van der Waals surface area contributed by atoms with Crippen molar-refractivity contribution in [2.45, 2.75) is 56.1 Å². The van der Waals surface area contributed by atoms with E-state index >= 15 is 0 Å². The number of nitrogens with two attached hydrogens (primary N) is 2. The highest BCUT2D eigenvalue weighted by Gasteiger charge is 2.41. The summed E-state index contributed by atoms with van der Waals surface area (Å²) in [6.45, 7) is -0.236. The maximum absolute atomic E-state index is 12.3. The fourth-order valence-electron chi connectivity index (χ4n) is 4.05. The number of aryl methyl sites for hydroxylation is 1. The first kappa shape index (κ1) is 34.7. The van der Waals surface area contributed by atoms with Crippen LogP contribution in [0.1, 0.15) is 28.9 Å². The van der Waals surface area contributed by atoms with Crippen LogP contribution in [0.5, 0.6) is 0 Å². The van der Waals surface area contributed by atoms with E-state index < -0.39 is 66.7 Å². The number of anilines is 2. The van der Waals surface area contributed by atoms with Gasteiger partial charge in [-0.2, -0.15) is 4.98 Å². The van der Waals surface area contributed by atoms with E-state index in [1.807, 2.05) is 0 Å². The van der Waals surface area contributed by atoms with Crippen LogP contribution in [-0.4, -0.2) is 111 Å². The number of hydrogen-bond acceptors (Lipinski definition) is 15. The van der Waals surface area contributed by atoms with Gasteiger partial charge in [0.2, 0.25) is 5.95 Å². The van der Waals surface area contributed by atoms with Crippen LogP contribution in [0.15, 0.2) is 35.3 Å². The summed E-state index contributed by atoms with van der Waals surface area (Å²) in [5.74, 6) is -3.06. The average molecular weight is 635 g/mol. The normalized spacial score (nSPS) is 21.7. The number of amides is 1. The number of aliphatic hydroxyl groups excluding tert-OH is 4. The molecule has 12 N–H and O–H groups in total. The lowest BCUT2D eigenvalue weighted by Gasteiger charge is -2.38. The molecule has 45 heavy (non-hydrogen) atoms. The minimum atomic E-state index is -1.35. The second-order valence-corrected chi connectivity index (χ2v) is 9.90. The second kappa shape index (κ2) is 15.3. The lowest BCUT2D eigenvalue weighted by molar-refractivity contribution is -0.248. The molecule has 1 aliphatic rings. The molecule has 1 saturated heterocycles. The molecular weight excluding hydrogens is 600 g/mol. The average Bonchev–Trinajstić information content (AvgIpc) is 3.01. The number of rotatable bonds is 10. The van der Waals surface area contributed by atoms with Crippen molar-refractivity contribution >= 4 is 40.6 Å². The topological polar surface area (TPSA) is 319 Å². The van der Waals surface area contributed by atoms with E-state index in [-0.39, 0.29) is 36.4 Å². The summed E-state index contributed by atoms with van der Waals surface area (Å²) >= 11 is 0. The van der Waals surface area contributed by atoms with Crippen molar-refractivity contribution in [3.8, 4) is 0 Å². The highest BCUT2D eigenvalue weighted by molar-refractivity contribution is 5.97. The van der Waals surface area contributed by atoms with E-state index in [1.54, 1.807) is 19.2 Å². The summed E-state index contributed by atoms with van der Waals surface area (Å²) in [4.78, 5) is 58.4. The molecule has 0 radical (unpaired) electrons. The molecule has 19 nitrogen and oxygen atoms in total. The first-order chi connectivity index (χ1) is 21.2. The van der Waals surface area contributed by atoms with E-state index in [1.165, 1.54) is 22.9 Å². The monoisotopic (exact) mass is 634 g/mol. The number of carboxylic acids is 2. The Morgan fingerprint density at radius 1 is 1.09 bits per heavy atom. The van der Waals surface area contributed by atoms with Crippen LogP contribution in [0.4, 0.5) is 11.6 Å². The van der Waals surface area contributed by atoms with Gasteiger partial charge < -0.3 is 57.5 Å². The zero-order valence-electron chi connectivity index (χ0n) is 23.8. The van der Waals surface area contributed by atoms with Crippen molar-refractivity contribution in [3.05, 3.63) is 52.1 Å². The van der Waals surface area contributed by atoms with Crippen LogP contribution in [0, 0.1) is 0 Å². The second-order valence-electron chi connectivity index (χ2n) is 9.90. The third-order valence-corrected chi connectivity index (χ3v) is 6.70.